The number of carbonyl (C=O) groups excluding carboxylic acids is 1. The molecular formula is C26H24F3N5OS. The van der Waals surface area contributed by atoms with Gasteiger partial charge in [-0.3, -0.25) is 14.7 Å². The van der Waals surface area contributed by atoms with Crippen molar-refractivity contribution in [2.24, 2.45) is 0 Å². The van der Waals surface area contributed by atoms with Gasteiger partial charge in [-0.25, -0.2) is 4.68 Å². The third-order valence-electron chi connectivity index (χ3n) is 6.31. The molecule has 36 heavy (non-hydrogen) atoms. The van der Waals surface area contributed by atoms with Crippen molar-refractivity contribution in [3.63, 3.8) is 0 Å². The number of alkyl halides is 3. The van der Waals surface area contributed by atoms with Gasteiger partial charge in [-0.2, -0.15) is 13.2 Å². The van der Waals surface area contributed by atoms with Gasteiger partial charge in [0.1, 0.15) is 5.69 Å². The van der Waals surface area contributed by atoms with Gasteiger partial charge in [0.15, 0.2) is 5.78 Å². The van der Waals surface area contributed by atoms with Crippen LogP contribution in [0.25, 0.3) is 16.3 Å². The molecule has 4 aromatic rings. The van der Waals surface area contributed by atoms with Crippen LogP contribution in [-0.4, -0.2) is 43.8 Å². The number of halogens is 3. The molecule has 1 aliphatic rings. The normalized spacial score (nSPS) is 14.4. The lowest BCUT2D eigenvalue weighted by atomic mass is 9.97. The molecule has 1 saturated heterocycles. The molecule has 0 atom stereocenters. The summed E-state index contributed by atoms with van der Waals surface area (Å²) in [5, 5.41) is 8.42. The minimum Gasteiger partial charge on any atom is -0.299 e. The molecule has 0 spiro atoms. The van der Waals surface area contributed by atoms with Crippen LogP contribution in [-0.2, 0) is 19.1 Å². The summed E-state index contributed by atoms with van der Waals surface area (Å²) in [5.41, 5.74) is 4.58. The zero-order valence-electron chi connectivity index (χ0n) is 19.6. The number of benzene rings is 2. The van der Waals surface area contributed by atoms with Crippen LogP contribution in [0.4, 0.5) is 13.2 Å². The van der Waals surface area contributed by atoms with Crippen molar-refractivity contribution in [2.45, 2.75) is 38.9 Å². The van der Waals surface area contributed by atoms with Crippen LogP contribution in [0.1, 0.15) is 45.5 Å². The molecule has 0 unspecified atom stereocenters. The minimum absolute atomic E-state index is 0.0197. The number of hydrogen-bond acceptors (Lipinski definition) is 6. The topological polar surface area (TPSA) is 63.9 Å². The molecule has 0 saturated carbocycles. The van der Waals surface area contributed by atoms with Crippen molar-refractivity contribution >= 4 is 17.1 Å². The third kappa shape index (κ3) is 5.39. The van der Waals surface area contributed by atoms with Gasteiger partial charge in [0, 0.05) is 24.7 Å². The molecule has 2 aromatic heterocycles. The second kappa shape index (κ2) is 9.94. The maximum Gasteiger partial charge on any atom is 0.416 e. The number of rotatable bonds is 7. The predicted octanol–water partition coefficient (Wildman–Crippen LogP) is 5.74. The number of aryl methyl sites for hydroxylation is 1. The average molecular weight is 512 g/mol. The summed E-state index contributed by atoms with van der Waals surface area (Å²) in [7, 11) is 0. The maximum absolute atomic E-state index is 13.6. The maximum atomic E-state index is 13.6. The highest BCUT2D eigenvalue weighted by atomic mass is 32.1. The van der Waals surface area contributed by atoms with Crippen LogP contribution >= 0.6 is 11.3 Å². The van der Waals surface area contributed by atoms with E-state index in [1.54, 1.807) is 28.7 Å². The number of Topliss-reactive ketones (excluding diaryl/α,β-unsaturated/α-hetero) is 1. The Morgan fingerprint density at radius 1 is 1.08 bits per heavy atom. The Morgan fingerprint density at radius 3 is 2.61 bits per heavy atom. The van der Waals surface area contributed by atoms with Crippen LogP contribution < -0.4 is 0 Å². The molecule has 6 nitrogen and oxygen atoms in total. The molecule has 0 bridgehead atoms. The van der Waals surface area contributed by atoms with Crippen LogP contribution in [0.5, 0.6) is 0 Å². The van der Waals surface area contributed by atoms with Crippen molar-refractivity contribution in [3.05, 3.63) is 82.1 Å². The van der Waals surface area contributed by atoms with Crippen LogP contribution in [0, 0.1) is 6.92 Å². The molecule has 0 N–H and O–H groups in total. The zero-order chi connectivity index (χ0) is 25.3. The number of likely N-dealkylation sites (tertiary alicyclic amines) is 1. The predicted molar refractivity (Wildman–Crippen MR) is 131 cm³/mol. The second-order valence-electron chi connectivity index (χ2n) is 9.03. The fourth-order valence-electron chi connectivity index (χ4n) is 4.44. The quantitative estimate of drug-likeness (QED) is 0.296. The van der Waals surface area contributed by atoms with E-state index in [4.69, 9.17) is 0 Å². The van der Waals surface area contributed by atoms with E-state index in [9.17, 15) is 18.0 Å². The van der Waals surface area contributed by atoms with E-state index in [0.29, 0.717) is 23.4 Å². The first-order valence-electron chi connectivity index (χ1n) is 11.6. The van der Waals surface area contributed by atoms with E-state index in [1.165, 1.54) is 11.3 Å². The number of nitrogens with zero attached hydrogens (tertiary/aromatic N) is 5. The van der Waals surface area contributed by atoms with Gasteiger partial charge in [-0.05, 0) is 73.8 Å². The Balaban J connectivity index is 1.40. The highest BCUT2D eigenvalue weighted by Gasteiger charge is 2.32. The van der Waals surface area contributed by atoms with Gasteiger partial charge in [-0.15, -0.1) is 16.4 Å². The highest BCUT2D eigenvalue weighted by molar-refractivity contribution is 7.13. The Kier molecular flexibility index (Phi) is 6.72. The fourth-order valence-corrected chi connectivity index (χ4v) is 5.01. The van der Waals surface area contributed by atoms with E-state index in [1.807, 2.05) is 25.1 Å². The van der Waals surface area contributed by atoms with Gasteiger partial charge in [0.2, 0.25) is 0 Å². The van der Waals surface area contributed by atoms with E-state index in [-0.39, 0.29) is 17.8 Å². The molecule has 0 radical (unpaired) electrons. The van der Waals surface area contributed by atoms with Gasteiger partial charge in [-0.1, -0.05) is 17.3 Å². The van der Waals surface area contributed by atoms with E-state index < -0.39 is 11.7 Å². The fraction of sp³-hybridized carbons (Fsp3) is 0.308. The molecular weight excluding hydrogens is 487 g/mol. The van der Waals surface area contributed by atoms with Crippen molar-refractivity contribution < 1.29 is 18.0 Å². The number of hydrogen-bond donors (Lipinski definition) is 0. The number of ketones is 1. The largest absolute Gasteiger partial charge is 0.416 e. The molecule has 0 amide bonds. The molecule has 3 heterocycles. The van der Waals surface area contributed by atoms with Gasteiger partial charge < -0.3 is 0 Å². The Hall–Kier alpha value is -3.37. The van der Waals surface area contributed by atoms with Crippen molar-refractivity contribution in [2.75, 3.05) is 13.1 Å². The van der Waals surface area contributed by atoms with E-state index in [2.05, 4.69) is 20.2 Å². The van der Waals surface area contributed by atoms with Gasteiger partial charge in [0.05, 0.1) is 27.8 Å². The summed E-state index contributed by atoms with van der Waals surface area (Å²) in [6, 6.07) is 9.24. The number of carbonyl (C=O) groups is 1. The average Bonchev–Trinajstić information content (AvgIpc) is 3.62. The van der Waals surface area contributed by atoms with Crippen molar-refractivity contribution in [1.29, 1.82) is 0 Å². The number of aromatic nitrogens is 4. The summed E-state index contributed by atoms with van der Waals surface area (Å²) in [6.45, 7) is 4.05. The molecule has 186 valence electrons. The first kappa shape index (κ1) is 24.3. The highest BCUT2D eigenvalue weighted by Crippen LogP contribution is 2.32. The number of thiazole rings is 1. The molecule has 1 aliphatic heterocycles. The van der Waals surface area contributed by atoms with Gasteiger partial charge >= 0.3 is 6.18 Å². The van der Waals surface area contributed by atoms with E-state index in [0.717, 1.165) is 54.2 Å². The van der Waals surface area contributed by atoms with Crippen LogP contribution in [0.3, 0.4) is 0 Å². The Labute approximate surface area is 210 Å². The lowest BCUT2D eigenvalue weighted by molar-refractivity contribution is -0.137. The van der Waals surface area contributed by atoms with Gasteiger partial charge in [0.25, 0.3) is 0 Å². The van der Waals surface area contributed by atoms with Crippen LogP contribution in [0.2, 0.25) is 0 Å². The first-order chi connectivity index (χ1) is 17.3. The molecule has 1 fully saturated rings. The Bertz CT molecular complexity index is 1370. The summed E-state index contributed by atoms with van der Waals surface area (Å²) in [4.78, 5) is 20.2. The summed E-state index contributed by atoms with van der Waals surface area (Å²) >= 11 is 1.46. The standard InChI is InChI=1S/C26H24F3N5OS/c1-17-4-5-18(10-23(17)34-15-22(31-32-34)25-13-30-16-36-25)11-24(35)20-8-19(14-33-6-2-3-7-33)9-21(12-20)26(27,28)29/h4-5,8-10,12-13,15-16H,2-3,6-7,11,14H2,1H3. The Morgan fingerprint density at radius 2 is 1.89 bits per heavy atom. The lowest BCUT2D eigenvalue weighted by Gasteiger charge is -2.17. The zero-order valence-corrected chi connectivity index (χ0v) is 20.4. The first-order valence-corrected chi connectivity index (χ1v) is 12.5. The molecule has 5 rings (SSSR count). The minimum atomic E-state index is -4.52. The van der Waals surface area contributed by atoms with Crippen molar-refractivity contribution in [1.82, 2.24) is 24.9 Å². The van der Waals surface area contributed by atoms with Crippen LogP contribution in [0.15, 0.2) is 54.3 Å². The molecule has 10 heteroatoms. The monoisotopic (exact) mass is 511 g/mol. The lowest BCUT2D eigenvalue weighted by Crippen LogP contribution is -2.19. The van der Waals surface area contributed by atoms with E-state index >= 15 is 0 Å². The second-order valence-corrected chi connectivity index (χ2v) is 9.92. The summed E-state index contributed by atoms with van der Waals surface area (Å²) < 4.78 is 42.4. The molecule has 0 aliphatic carbocycles. The smallest absolute Gasteiger partial charge is 0.299 e. The molecule has 2 aromatic carbocycles. The summed E-state index contributed by atoms with van der Waals surface area (Å²) in [5.74, 6) is -0.359. The van der Waals surface area contributed by atoms with Crippen molar-refractivity contribution in [3.8, 4) is 16.3 Å². The summed E-state index contributed by atoms with van der Waals surface area (Å²) in [6.07, 6.45) is 1.05. The SMILES string of the molecule is Cc1ccc(CC(=O)c2cc(CN3CCCC3)cc(C(F)(F)F)c2)cc1-n1cc(-c2cncs2)nn1. The third-order valence-corrected chi connectivity index (χ3v) is 7.11.